The molecule has 3 atom stereocenters. The highest BCUT2D eigenvalue weighted by Crippen LogP contribution is 2.62. The van der Waals surface area contributed by atoms with Gasteiger partial charge >= 0.3 is 0 Å². The van der Waals surface area contributed by atoms with Gasteiger partial charge in [0.2, 0.25) is 0 Å². The SMILES string of the molecule is Cc1ccc(-c2cc3ncccc3c3cc(C(=O)N[C@H]4C5(C)CCC(C5)C4(C)C)nn23)cc1. The van der Waals surface area contributed by atoms with Crippen molar-refractivity contribution in [1.82, 2.24) is 19.9 Å². The van der Waals surface area contributed by atoms with Crippen LogP contribution in [-0.2, 0) is 0 Å². The summed E-state index contributed by atoms with van der Waals surface area (Å²) in [6.45, 7) is 9.04. The smallest absolute Gasteiger partial charge is 0.272 e. The Hall–Kier alpha value is -3.21. The minimum Gasteiger partial charge on any atom is -0.347 e. The lowest BCUT2D eigenvalue weighted by Crippen LogP contribution is -2.52. The van der Waals surface area contributed by atoms with E-state index in [4.69, 9.17) is 5.10 Å². The molecule has 5 nitrogen and oxygen atoms in total. The molecule has 33 heavy (non-hydrogen) atoms. The number of rotatable bonds is 3. The highest BCUT2D eigenvalue weighted by Gasteiger charge is 2.59. The van der Waals surface area contributed by atoms with Gasteiger partial charge in [-0.25, -0.2) is 4.52 Å². The number of nitrogens with one attached hydrogen (secondary N) is 1. The number of amides is 1. The van der Waals surface area contributed by atoms with Gasteiger partial charge in [0.05, 0.1) is 16.7 Å². The Morgan fingerprint density at radius 2 is 1.91 bits per heavy atom. The highest BCUT2D eigenvalue weighted by molar-refractivity contribution is 6.00. The second-order valence-electron chi connectivity index (χ2n) is 11.0. The van der Waals surface area contributed by atoms with E-state index in [1.165, 1.54) is 24.8 Å². The van der Waals surface area contributed by atoms with Crippen LogP contribution in [0.15, 0.2) is 54.7 Å². The summed E-state index contributed by atoms with van der Waals surface area (Å²) >= 11 is 0. The molecule has 168 valence electrons. The molecule has 2 saturated carbocycles. The van der Waals surface area contributed by atoms with E-state index < -0.39 is 0 Å². The molecule has 0 aliphatic heterocycles. The predicted octanol–water partition coefficient (Wildman–Crippen LogP) is 5.80. The highest BCUT2D eigenvalue weighted by atomic mass is 16.2. The molecule has 1 aromatic carbocycles. The molecular formula is C28H30N4O. The summed E-state index contributed by atoms with van der Waals surface area (Å²) in [5.41, 5.74) is 5.72. The van der Waals surface area contributed by atoms with Crippen molar-refractivity contribution in [2.24, 2.45) is 16.7 Å². The van der Waals surface area contributed by atoms with Crippen LogP contribution in [0.1, 0.15) is 56.1 Å². The van der Waals surface area contributed by atoms with Gasteiger partial charge in [0, 0.05) is 23.2 Å². The second-order valence-corrected chi connectivity index (χ2v) is 11.0. The van der Waals surface area contributed by atoms with E-state index in [2.05, 4.69) is 68.3 Å². The Kier molecular flexibility index (Phi) is 4.26. The lowest BCUT2D eigenvalue weighted by Gasteiger charge is -2.42. The van der Waals surface area contributed by atoms with Gasteiger partial charge in [0.1, 0.15) is 0 Å². The number of carbonyl (C=O) groups is 1. The van der Waals surface area contributed by atoms with Gasteiger partial charge in [-0.2, -0.15) is 5.10 Å². The van der Waals surface area contributed by atoms with Crippen LogP contribution in [0.2, 0.25) is 0 Å². The van der Waals surface area contributed by atoms with Gasteiger partial charge in [-0.1, -0.05) is 50.6 Å². The molecule has 5 heteroatoms. The van der Waals surface area contributed by atoms with Crippen LogP contribution in [0.5, 0.6) is 0 Å². The fourth-order valence-electron chi connectivity index (χ4n) is 6.60. The fraction of sp³-hybridized carbons (Fsp3) is 0.393. The maximum atomic E-state index is 13.5. The summed E-state index contributed by atoms with van der Waals surface area (Å²) in [6.07, 6.45) is 5.46. The maximum absolute atomic E-state index is 13.5. The maximum Gasteiger partial charge on any atom is 0.272 e. The predicted molar refractivity (Wildman–Crippen MR) is 131 cm³/mol. The molecule has 2 bridgehead atoms. The summed E-state index contributed by atoms with van der Waals surface area (Å²) in [5.74, 6) is 0.592. The number of nitrogens with zero attached hydrogens (tertiary/aromatic N) is 3. The van der Waals surface area contributed by atoms with Crippen molar-refractivity contribution in [2.45, 2.75) is 53.0 Å². The molecule has 4 aromatic rings. The molecule has 3 heterocycles. The molecule has 2 unspecified atom stereocenters. The number of fused-ring (bicyclic) bond motifs is 5. The van der Waals surface area contributed by atoms with Crippen molar-refractivity contribution in [2.75, 3.05) is 0 Å². The molecule has 6 rings (SSSR count). The molecule has 1 amide bonds. The Labute approximate surface area is 194 Å². The number of benzene rings is 1. The third-order valence-electron chi connectivity index (χ3n) is 8.45. The van der Waals surface area contributed by atoms with Crippen molar-refractivity contribution >= 4 is 22.3 Å². The fourth-order valence-corrected chi connectivity index (χ4v) is 6.60. The Morgan fingerprint density at radius 3 is 2.64 bits per heavy atom. The van der Waals surface area contributed by atoms with E-state index >= 15 is 0 Å². The average Bonchev–Trinajstić information content (AvgIpc) is 3.46. The topological polar surface area (TPSA) is 59.3 Å². The molecule has 0 saturated heterocycles. The lowest BCUT2D eigenvalue weighted by molar-refractivity contribution is 0.0733. The first-order valence-corrected chi connectivity index (χ1v) is 11.9. The Balaban J connectivity index is 1.45. The molecule has 2 aliphatic rings. The minimum absolute atomic E-state index is 0.0857. The van der Waals surface area contributed by atoms with Crippen LogP contribution >= 0.6 is 0 Å². The summed E-state index contributed by atoms with van der Waals surface area (Å²) in [7, 11) is 0. The second kappa shape index (κ2) is 6.89. The monoisotopic (exact) mass is 438 g/mol. The van der Waals surface area contributed by atoms with Crippen molar-refractivity contribution in [1.29, 1.82) is 0 Å². The standard InChI is InChI=1S/C28H30N4O/c1-17-7-9-18(10-8-17)23-14-21-20(6-5-13-29-21)24-15-22(31-32(23)24)25(33)30-26-27(2,3)19-11-12-28(26,4)16-19/h5-10,13-15,19,26H,11-12,16H2,1-4H3,(H,30,33)/t19?,26-,28?/m1/s1. The van der Waals surface area contributed by atoms with Gasteiger partial charge in [-0.05, 0) is 67.2 Å². The van der Waals surface area contributed by atoms with Crippen LogP contribution in [0, 0.1) is 23.7 Å². The van der Waals surface area contributed by atoms with E-state index in [9.17, 15) is 4.79 Å². The number of hydrogen-bond donors (Lipinski definition) is 1. The summed E-state index contributed by atoms with van der Waals surface area (Å²) < 4.78 is 1.90. The first-order valence-electron chi connectivity index (χ1n) is 11.9. The van der Waals surface area contributed by atoms with Gasteiger partial charge in [0.25, 0.3) is 5.91 Å². The van der Waals surface area contributed by atoms with E-state index in [-0.39, 0.29) is 22.8 Å². The van der Waals surface area contributed by atoms with E-state index in [0.29, 0.717) is 11.6 Å². The normalized spacial score (nSPS) is 25.7. The zero-order valence-corrected chi connectivity index (χ0v) is 19.7. The van der Waals surface area contributed by atoms with Crippen LogP contribution in [0.3, 0.4) is 0 Å². The van der Waals surface area contributed by atoms with Crippen molar-refractivity contribution in [3.8, 4) is 11.3 Å². The number of aromatic nitrogens is 3. The van der Waals surface area contributed by atoms with E-state index in [1.54, 1.807) is 6.20 Å². The third-order valence-corrected chi connectivity index (χ3v) is 8.45. The zero-order valence-electron chi connectivity index (χ0n) is 19.7. The molecular weight excluding hydrogens is 408 g/mol. The number of hydrogen-bond acceptors (Lipinski definition) is 3. The molecule has 0 spiro atoms. The summed E-state index contributed by atoms with van der Waals surface area (Å²) in [4.78, 5) is 18.1. The van der Waals surface area contributed by atoms with E-state index in [1.807, 2.05) is 22.7 Å². The number of pyridine rings is 2. The van der Waals surface area contributed by atoms with Crippen LogP contribution in [0.25, 0.3) is 27.7 Å². The molecule has 0 radical (unpaired) electrons. The number of aryl methyl sites for hydroxylation is 1. The van der Waals surface area contributed by atoms with Crippen molar-refractivity contribution in [3.05, 3.63) is 66.0 Å². The van der Waals surface area contributed by atoms with Crippen LogP contribution in [0.4, 0.5) is 0 Å². The quantitative estimate of drug-likeness (QED) is 0.440. The molecule has 3 aromatic heterocycles. The van der Waals surface area contributed by atoms with Crippen LogP contribution in [-0.4, -0.2) is 26.5 Å². The third kappa shape index (κ3) is 3.01. The van der Waals surface area contributed by atoms with Crippen molar-refractivity contribution < 1.29 is 4.79 Å². The molecule has 2 fully saturated rings. The summed E-state index contributed by atoms with van der Waals surface area (Å²) in [5, 5.41) is 9.21. The Morgan fingerprint density at radius 1 is 1.12 bits per heavy atom. The molecule has 1 N–H and O–H groups in total. The van der Waals surface area contributed by atoms with Gasteiger partial charge in [0.15, 0.2) is 5.69 Å². The first kappa shape index (κ1) is 20.4. The number of carbonyl (C=O) groups excluding carboxylic acids is 1. The average molecular weight is 439 g/mol. The zero-order chi connectivity index (χ0) is 23.0. The largest absolute Gasteiger partial charge is 0.347 e. The molecule has 2 aliphatic carbocycles. The summed E-state index contributed by atoms with van der Waals surface area (Å²) in [6, 6.07) is 16.5. The van der Waals surface area contributed by atoms with Crippen LogP contribution < -0.4 is 5.32 Å². The Bertz CT molecular complexity index is 1400. The minimum atomic E-state index is -0.0857. The first-order chi connectivity index (χ1) is 15.8. The van der Waals surface area contributed by atoms with Gasteiger partial charge in [-0.3, -0.25) is 9.78 Å². The van der Waals surface area contributed by atoms with Gasteiger partial charge in [-0.15, -0.1) is 0 Å². The van der Waals surface area contributed by atoms with Crippen molar-refractivity contribution in [3.63, 3.8) is 0 Å². The van der Waals surface area contributed by atoms with E-state index in [0.717, 1.165) is 27.7 Å². The lowest BCUT2D eigenvalue weighted by atomic mass is 9.68. The van der Waals surface area contributed by atoms with Gasteiger partial charge < -0.3 is 5.32 Å².